The summed E-state index contributed by atoms with van der Waals surface area (Å²) in [6.07, 6.45) is 1.13. The normalized spacial score (nSPS) is 21.1. The maximum absolute atomic E-state index is 11.9. The lowest BCUT2D eigenvalue weighted by atomic mass is 9.90. The number of ether oxygens (including phenoxy) is 1. The van der Waals surface area contributed by atoms with Gasteiger partial charge in [-0.25, -0.2) is 0 Å². The third-order valence-electron chi connectivity index (χ3n) is 2.72. The summed E-state index contributed by atoms with van der Waals surface area (Å²) in [4.78, 5) is 22.5. The second kappa shape index (κ2) is 5.27. The molecule has 0 aromatic heterocycles. The number of nitrogens with two attached hydrogens (primary N) is 2. The minimum Gasteiger partial charge on any atom is -0.381 e. The molecule has 1 rings (SSSR count). The fourth-order valence-corrected chi connectivity index (χ4v) is 1.68. The molecule has 1 unspecified atom stereocenters. The smallest absolute Gasteiger partial charge is 0.240 e. The lowest BCUT2D eigenvalue weighted by Gasteiger charge is -2.32. The van der Waals surface area contributed by atoms with Gasteiger partial charge < -0.3 is 21.5 Å². The van der Waals surface area contributed by atoms with Gasteiger partial charge in [0.15, 0.2) is 0 Å². The van der Waals surface area contributed by atoms with E-state index in [2.05, 4.69) is 5.32 Å². The second-order valence-corrected chi connectivity index (χ2v) is 4.31. The highest BCUT2D eigenvalue weighted by molar-refractivity contribution is 5.87. The summed E-state index contributed by atoms with van der Waals surface area (Å²) in [6, 6.07) is -0.284. The van der Waals surface area contributed by atoms with Gasteiger partial charge in [-0.15, -0.1) is 0 Å². The number of carbonyl (C=O) groups excluding carboxylic acids is 2. The van der Waals surface area contributed by atoms with E-state index >= 15 is 0 Å². The Morgan fingerprint density at radius 2 is 2.00 bits per heavy atom. The summed E-state index contributed by atoms with van der Waals surface area (Å²) in [5.74, 6) is -0.671. The Morgan fingerprint density at radius 1 is 1.44 bits per heavy atom. The van der Waals surface area contributed by atoms with Gasteiger partial charge in [-0.3, -0.25) is 9.59 Å². The first-order valence-electron chi connectivity index (χ1n) is 5.40. The van der Waals surface area contributed by atoms with Crippen LogP contribution in [0.15, 0.2) is 0 Å². The minimum absolute atomic E-state index is 0.123. The van der Waals surface area contributed by atoms with Crippen LogP contribution in [-0.4, -0.2) is 36.6 Å². The molecular weight excluding hydrogens is 210 g/mol. The van der Waals surface area contributed by atoms with Crippen molar-refractivity contribution in [3.05, 3.63) is 0 Å². The van der Waals surface area contributed by atoms with Crippen LogP contribution in [0, 0.1) is 0 Å². The minimum atomic E-state index is -0.871. The van der Waals surface area contributed by atoms with Crippen LogP contribution in [-0.2, 0) is 14.3 Å². The maximum atomic E-state index is 11.9. The Balaban J connectivity index is 2.47. The first-order valence-corrected chi connectivity index (χ1v) is 5.40. The molecule has 1 saturated heterocycles. The van der Waals surface area contributed by atoms with Gasteiger partial charge in [0.05, 0.1) is 5.54 Å². The lowest BCUT2D eigenvalue weighted by molar-refractivity contribution is -0.130. The van der Waals surface area contributed by atoms with Crippen LogP contribution in [0.5, 0.6) is 0 Å². The maximum Gasteiger partial charge on any atom is 0.240 e. The number of hydrogen-bond donors (Lipinski definition) is 3. The predicted molar refractivity (Wildman–Crippen MR) is 58.4 cm³/mol. The zero-order valence-electron chi connectivity index (χ0n) is 9.49. The van der Waals surface area contributed by atoms with Gasteiger partial charge in [-0.2, -0.15) is 0 Å². The first-order chi connectivity index (χ1) is 7.44. The van der Waals surface area contributed by atoms with Crippen molar-refractivity contribution in [3.63, 3.8) is 0 Å². The lowest BCUT2D eigenvalue weighted by Crippen LogP contribution is -2.58. The van der Waals surface area contributed by atoms with E-state index in [4.69, 9.17) is 16.2 Å². The molecule has 1 heterocycles. The summed E-state index contributed by atoms with van der Waals surface area (Å²) in [7, 11) is 0. The fourth-order valence-electron chi connectivity index (χ4n) is 1.68. The third kappa shape index (κ3) is 3.46. The highest BCUT2D eigenvalue weighted by Gasteiger charge is 2.36. The molecule has 1 aliphatic heterocycles. The Hall–Kier alpha value is -1.14. The SMILES string of the molecule is CC(CC(N)=O)NC(=O)C1(N)CCOCC1. The summed E-state index contributed by atoms with van der Waals surface area (Å²) in [6.45, 7) is 2.72. The molecule has 6 nitrogen and oxygen atoms in total. The zero-order chi connectivity index (χ0) is 12.2. The van der Waals surface area contributed by atoms with Crippen LogP contribution < -0.4 is 16.8 Å². The molecule has 1 fully saturated rings. The Kier molecular flexibility index (Phi) is 4.26. The van der Waals surface area contributed by atoms with Crippen molar-refractivity contribution in [3.8, 4) is 0 Å². The Morgan fingerprint density at radius 3 is 2.50 bits per heavy atom. The van der Waals surface area contributed by atoms with Crippen LogP contribution in [0.1, 0.15) is 26.2 Å². The van der Waals surface area contributed by atoms with Crippen LogP contribution in [0.25, 0.3) is 0 Å². The number of carbonyl (C=O) groups is 2. The van der Waals surface area contributed by atoms with Crippen LogP contribution in [0.2, 0.25) is 0 Å². The topological polar surface area (TPSA) is 107 Å². The van der Waals surface area contributed by atoms with Crippen molar-refractivity contribution < 1.29 is 14.3 Å². The van der Waals surface area contributed by atoms with Gasteiger partial charge in [0.2, 0.25) is 11.8 Å². The first kappa shape index (κ1) is 12.9. The van der Waals surface area contributed by atoms with Crippen LogP contribution >= 0.6 is 0 Å². The molecule has 1 atom stereocenters. The standard InChI is InChI=1S/C10H19N3O3/c1-7(6-8(11)14)13-9(15)10(12)2-4-16-5-3-10/h7H,2-6,12H2,1H3,(H2,11,14)(H,13,15). The molecule has 92 valence electrons. The van der Waals surface area contributed by atoms with Crippen molar-refractivity contribution >= 4 is 11.8 Å². The van der Waals surface area contributed by atoms with Gasteiger partial charge in [0.25, 0.3) is 0 Å². The van der Waals surface area contributed by atoms with Gasteiger partial charge >= 0.3 is 0 Å². The van der Waals surface area contributed by atoms with Gasteiger partial charge in [-0.1, -0.05) is 0 Å². The number of nitrogens with one attached hydrogen (secondary N) is 1. The van der Waals surface area contributed by atoms with Gasteiger partial charge in [-0.05, 0) is 19.8 Å². The number of amides is 2. The molecule has 2 amide bonds. The fraction of sp³-hybridized carbons (Fsp3) is 0.800. The van der Waals surface area contributed by atoms with Crippen molar-refractivity contribution in [2.24, 2.45) is 11.5 Å². The largest absolute Gasteiger partial charge is 0.381 e. The van der Waals surface area contributed by atoms with E-state index in [9.17, 15) is 9.59 Å². The molecule has 0 aromatic carbocycles. The van der Waals surface area contributed by atoms with Gasteiger partial charge in [0, 0.05) is 25.7 Å². The monoisotopic (exact) mass is 229 g/mol. The third-order valence-corrected chi connectivity index (χ3v) is 2.72. The van der Waals surface area contributed by atoms with Crippen molar-refractivity contribution in [2.45, 2.75) is 37.8 Å². The molecule has 16 heavy (non-hydrogen) atoms. The highest BCUT2D eigenvalue weighted by Crippen LogP contribution is 2.17. The summed E-state index contributed by atoms with van der Waals surface area (Å²) < 4.78 is 5.15. The van der Waals surface area contributed by atoms with E-state index in [-0.39, 0.29) is 18.4 Å². The molecule has 0 spiro atoms. The summed E-state index contributed by atoms with van der Waals surface area (Å²) >= 11 is 0. The van der Waals surface area contributed by atoms with E-state index in [1.54, 1.807) is 6.92 Å². The molecule has 5 N–H and O–H groups in total. The van der Waals surface area contributed by atoms with E-state index in [0.29, 0.717) is 26.1 Å². The molecule has 0 aliphatic carbocycles. The van der Waals surface area contributed by atoms with E-state index in [1.165, 1.54) is 0 Å². The quantitative estimate of drug-likeness (QED) is 0.567. The van der Waals surface area contributed by atoms with E-state index in [0.717, 1.165) is 0 Å². The summed E-state index contributed by atoms with van der Waals surface area (Å²) in [5.41, 5.74) is 10.1. The van der Waals surface area contributed by atoms with E-state index in [1.807, 2.05) is 0 Å². The van der Waals surface area contributed by atoms with Crippen molar-refractivity contribution in [1.29, 1.82) is 0 Å². The molecule has 0 aromatic rings. The molecule has 1 aliphatic rings. The number of primary amides is 1. The molecule has 0 bridgehead atoms. The van der Waals surface area contributed by atoms with Crippen LogP contribution in [0.3, 0.4) is 0 Å². The summed E-state index contributed by atoms with van der Waals surface area (Å²) in [5, 5.41) is 2.70. The second-order valence-electron chi connectivity index (χ2n) is 4.31. The Bertz CT molecular complexity index is 274. The number of rotatable bonds is 4. The molecular formula is C10H19N3O3. The molecule has 6 heteroatoms. The molecule has 0 saturated carbocycles. The Labute approximate surface area is 94.7 Å². The average Bonchev–Trinajstić information content (AvgIpc) is 2.17. The van der Waals surface area contributed by atoms with Crippen LogP contribution in [0.4, 0.5) is 0 Å². The van der Waals surface area contributed by atoms with Crippen molar-refractivity contribution in [2.75, 3.05) is 13.2 Å². The zero-order valence-corrected chi connectivity index (χ0v) is 9.49. The number of hydrogen-bond acceptors (Lipinski definition) is 4. The highest BCUT2D eigenvalue weighted by atomic mass is 16.5. The van der Waals surface area contributed by atoms with Crippen molar-refractivity contribution in [1.82, 2.24) is 5.32 Å². The van der Waals surface area contributed by atoms with E-state index < -0.39 is 11.4 Å². The molecule has 0 radical (unpaired) electrons. The predicted octanol–water partition coefficient (Wildman–Crippen LogP) is -1.13. The van der Waals surface area contributed by atoms with Gasteiger partial charge in [0.1, 0.15) is 0 Å². The average molecular weight is 229 g/mol.